The molecule has 3 heterocycles. The Kier molecular flexibility index (Phi) is 6.18. The highest BCUT2D eigenvalue weighted by Gasteiger charge is 2.30. The lowest BCUT2D eigenvalue weighted by Crippen LogP contribution is -2.55. The summed E-state index contributed by atoms with van der Waals surface area (Å²) in [5, 5.41) is 6.48. The molecule has 0 radical (unpaired) electrons. The number of nitrogens with zero attached hydrogens (tertiary/aromatic N) is 2. The van der Waals surface area contributed by atoms with Gasteiger partial charge in [-0.3, -0.25) is 9.59 Å². The van der Waals surface area contributed by atoms with E-state index in [-0.39, 0.29) is 23.9 Å². The highest BCUT2D eigenvalue weighted by atomic mass is 16.5. The summed E-state index contributed by atoms with van der Waals surface area (Å²) in [7, 11) is 1.64. The molecular formula is C29H32N4O3. The van der Waals surface area contributed by atoms with Gasteiger partial charge in [0.15, 0.2) is 0 Å². The van der Waals surface area contributed by atoms with Gasteiger partial charge in [0.2, 0.25) is 0 Å². The zero-order valence-electron chi connectivity index (χ0n) is 21.4. The topological polar surface area (TPSA) is 75.6 Å². The third-order valence-electron chi connectivity index (χ3n) is 7.03. The molecule has 0 bridgehead atoms. The number of nitrogens with one attached hydrogen (secondary N) is 2. The second-order valence-corrected chi connectivity index (χ2v) is 9.81. The molecule has 1 saturated heterocycles. The second kappa shape index (κ2) is 9.32. The largest absolute Gasteiger partial charge is 0.497 e. The van der Waals surface area contributed by atoms with Gasteiger partial charge in [-0.2, -0.15) is 0 Å². The van der Waals surface area contributed by atoms with Gasteiger partial charge in [0.1, 0.15) is 5.75 Å². The Morgan fingerprint density at radius 1 is 1.06 bits per heavy atom. The van der Waals surface area contributed by atoms with Gasteiger partial charge in [-0.15, -0.1) is 0 Å². The van der Waals surface area contributed by atoms with Crippen LogP contribution in [-0.2, 0) is 4.79 Å². The van der Waals surface area contributed by atoms with Crippen molar-refractivity contribution in [1.82, 2.24) is 14.8 Å². The van der Waals surface area contributed by atoms with E-state index in [9.17, 15) is 9.59 Å². The van der Waals surface area contributed by atoms with E-state index in [1.165, 1.54) is 0 Å². The highest BCUT2D eigenvalue weighted by Crippen LogP contribution is 2.40. The van der Waals surface area contributed by atoms with Crippen LogP contribution in [0.15, 0.2) is 48.7 Å². The van der Waals surface area contributed by atoms with Crippen LogP contribution in [0.25, 0.3) is 22.9 Å². The monoisotopic (exact) mass is 484 g/mol. The number of amides is 2. The van der Waals surface area contributed by atoms with Gasteiger partial charge in [0.25, 0.3) is 11.8 Å². The summed E-state index contributed by atoms with van der Waals surface area (Å²) in [6.07, 6.45) is 3.78. The van der Waals surface area contributed by atoms with Crippen LogP contribution in [0.4, 0.5) is 5.69 Å². The third kappa shape index (κ3) is 4.20. The van der Waals surface area contributed by atoms with Gasteiger partial charge in [0.05, 0.1) is 18.2 Å². The lowest BCUT2D eigenvalue weighted by atomic mass is 9.95. The molecule has 0 aliphatic carbocycles. The summed E-state index contributed by atoms with van der Waals surface area (Å²) in [5.41, 5.74) is 6.59. The normalized spacial score (nSPS) is 20.4. The van der Waals surface area contributed by atoms with Gasteiger partial charge in [-0.1, -0.05) is 24.3 Å². The molecule has 5 rings (SSSR count). The number of benzene rings is 2. The van der Waals surface area contributed by atoms with Crippen molar-refractivity contribution in [2.45, 2.75) is 39.8 Å². The summed E-state index contributed by atoms with van der Waals surface area (Å²) in [4.78, 5) is 28.5. The van der Waals surface area contributed by atoms with Crippen LogP contribution in [-0.4, -0.2) is 53.6 Å². The average Bonchev–Trinajstić information content (AvgIpc) is 3.32. The standard InChI is InChI=1S/C29H32N4O3/c1-17-13-32(20(4)26(17)29(35)33-14-18(2)30-19(3)15-33)16-24-27-23(7-6-8-25(27)31-28(24)34)21-9-11-22(36-5)12-10-21/h6-13,16,18-19,30H,14-15H2,1-5H3,(H,31,34)/t18-,19+. The zero-order chi connectivity index (χ0) is 25.6. The summed E-state index contributed by atoms with van der Waals surface area (Å²) in [6, 6.07) is 14.2. The SMILES string of the molecule is COc1ccc(-c2cccc3c2C(=Cn2cc(C)c(C(=O)N4C[C@@H](C)N[C@@H](C)C4)c2C)C(=O)N3)cc1. The molecule has 0 saturated carbocycles. The first-order valence-electron chi connectivity index (χ1n) is 12.3. The maximum absolute atomic E-state index is 13.5. The Morgan fingerprint density at radius 2 is 1.75 bits per heavy atom. The van der Waals surface area contributed by atoms with E-state index in [0.717, 1.165) is 39.4 Å². The molecule has 186 valence electrons. The Balaban J connectivity index is 1.54. The third-order valence-corrected chi connectivity index (χ3v) is 7.03. The molecule has 36 heavy (non-hydrogen) atoms. The minimum atomic E-state index is -0.158. The number of fused-ring (bicyclic) bond motifs is 1. The number of anilines is 1. The molecule has 2 atom stereocenters. The van der Waals surface area contributed by atoms with E-state index < -0.39 is 0 Å². The lowest BCUT2D eigenvalue weighted by Gasteiger charge is -2.36. The number of carbonyl (C=O) groups is 2. The molecule has 1 aromatic heterocycles. The quantitative estimate of drug-likeness (QED) is 0.533. The Bertz CT molecular complexity index is 1360. The number of methoxy groups -OCH3 is 1. The molecule has 0 unspecified atom stereocenters. The first kappa shape index (κ1) is 23.9. The maximum atomic E-state index is 13.5. The molecule has 3 aromatic rings. The van der Waals surface area contributed by atoms with Crippen LogP contribution >= 0.6 is 0 Å². The molecule has 7 nitrogen and oxygen atoms in total. The summed E-state index contributed by atoms with van der Waals surface area (Å²) in [6.45, 7) is 9.44. The number of hydrogen-bond acceptors (Lipinski definition) is 4. The van der Waals surface area contributed by atoms with Gasteiger partial charge in [0, 0.05) is 54.5 Å². The fourth-order valence-corrected chi connectivity index (χ4v) is 5.42. The number of ether oxygens (including phenoxy) is 1. The van der Waals surface area contributed by atoms with E-state index in [1.807, 2.05) is 78.2 Å². The molecule has 2 aliphatic heterocycles. The van der Waals surface area contributed by atoms with E-state index in [2.05, 4.69) is 24.5 Å². The van der Waals surface area contributed by atoms with Crippen LogP contribution in [0.1, 0.15) is 41.0 Å². The lowest BCUT2D eigenvalue weighted by molar-refractivity contribution is -0.110. The van der Waals surface area contributed by atoms with Crippen LogP contribution in [0.3, 0.4) is 0 Å². The molecular weight excluding hydrogens is 452 g/mol. The van der Waals surface area contributed by atoms with Crippen molar-refractivity contribution in [1.29, 1.82) is 0 Å². The van der Waals surface area contributed by atoms with Crippen LogP contribution in [0.2, 0.25) is 0 Å². The van der Waals surface area contributed by atoms with E-state index in [1.54, 1.807) is 7.11 Å². The summed E-state index contributed by atoms with van der Waals surface area (Å²) < 4.78 is 7.21. The molecule has 7 heteroatoms. The number of hydrogen-bond donors (Lipinski definition) is 2. The first-order valence-corrected chi connectivity index (χ1v) is 12.3. The zero-order valence-corrected chi connectivity index (χ0v) is 21.4. The van der Waals surface area contributed by atoms with Gasteiger partial charge >= 0.3 is 0 Å². The van der Waals surface area contributed by atoms with Crippen molar-refractivity contribution < 1.29 is 14.3 Å². The van der Waals surface area contributed by atoms with Crippen molar-refractivity contribution in [2.24, 2.45) is 0 Å². The number of piperazine rings is 1. The first-order chi connectivity index (χ1) is 17.3. The predicted molar refractivity (Wildman–Crippen MR) is 143 cm³/mol. The molecule has 2 aromatic carbocycles. The number of aromatic nitrogens is 1. The Morgan fingerprint density at radius 3 is 2.42 bits per heavy atom. The predicted octanol–water partition coefficient (Wildman–Crippen LogP) is 4.55. The molecule has 0 spiro atoms. The van der Waals surface area contributed by atoms with E-state index in [0.29, 0.717) is 24.2 Å². The molecule has 2 aliphatic rings. The van der Waals surface area contributed by atoms with Crippen molar-refractivity contribution in [3.8, 4) is 16.9 Å². The van der Waals surface area contributed by atoms with Gasteiger partial charge in [-0.05, 0) is 62.6 Å². The van der Waals surface area contributed by atoms with Crippen LogP contribution < -0.4 is 15.4 Å². The average molecular weight is 485 g/mol. The minimum absolute atomic E-state index is 0.0394. The van der Waals surface area contributed by atoms with Crippen molar-refractivity contribution in [2.75, 3.05) is 25.5 Å². The molecule has 1 fully saturated rings. The summed E-state index contributed by atoms with van der Waals surface area (Å²) in [5.74, 6) is 0.659. The second-order valence-electron chi connectivity index (χ2n) is 9.81. The van der Waals surface area contributed by atoms with Crippen LogP contribution in [0.5, 0.6) is 5.75 Å². The fraction of sp³-hybridized carbons (Fsp3) is 0.310. The minimum Gasteiger partial charge on any atom is -0.497 e. The highest BCUT2D eigenvalue weighted by molar-refractivity contribution is 6.35. The summed E-state index contributed by atoms with van der Waals surface area (Å²) >= 11 is 0. The smallest absolute Gasteiger partial charge is 0.257 e. The molecule has 2 N–H and O–H groups in total. The molecule has 2 amide bonds. The van der Waals surface area contributed by atoms with Crippen molar-refractivity contribution in [3.63, 3.8) is 0 Å². The van der Waals surface area contributed by atoms with Crippen molar-refractivity contribution >= 4 is 29.3 Å². The Hall–Kier alpha value is -3.84. The van der Waals surface area contributed by atoms with Crippen LogP contribution in [0, 0.1) is 13.8 Å². The van der Waals surface area contributed by atoms with E-state index in [4.69, 9.17) is 4.74 Å². The van der Waals surface area contributed by atoms with E-state index >= 15 is 0 Å². The fourth-order valence-electron chi connectivity index (χ4n) is 5.42. The number of aryl methyl sites for hydroxylation is 1. The van der Waals surface area contributed by atoms with Gasteiger partial charge < -0.3 is 24.8 Å². The Labute approximate surface area is 211 Å². The number of carbonyl (C=O) groups excluding carboxylic acids is 2. The maximum Gasteiger partial charge on any atom is 0.257 e. The van der Waals surface area contributed by atoms with Gasteiger partial charge in [-0.25, -0.2) is 0 Å². The van der Waals surface area contributed by atoms with Crippen molar-refractivity contribution in [3.05, 3.63) is 71.0 Å². The number of rotatable bonds is 4.